The van der Waals surface area contributed by atoms with Crippen molar-refractivity contribution in [2.75, 3.05) is 25.5 Å². The van der Waals surface area contributed by atoms with Gasteiger partial charge in [0.25, 0.3) is 5.91 Å². The van der Waals surface area contributed by atoms with Crippen LogP contribution in [0.15, 0.2) is 119 Å². The third-order valence-electron chi connectivity index (χ3n) is 8.49. The minimum atomic E-state index is -3.75. The number of ether oxygens (including phenoxy) is 2. The van der Waals surface area contributed by atoms with Crippen LogP contribution in [0.5, 0.6) is 5.75 Å². The van der Waals surface area contributed by atoms with Crippen molar-refractivity contribution in [2.24, 2.45) is 10.9 Å². The Balaban J connectivity index is 1.37. The minimum Gasteiger partial charge on any atom is -0.494 e. The number of amides is 1. The zero-order chi connectivity index (χ0) is 32.7. The average Bonchev–Trinajstić information content (AvgIpc) is 3.86. The number of nitrogens with zero attached hydrogens (tertiary/aromatic N) is 1. The summed E-state index contributed by atoms with van der Waals surface area (Å²) in [4.78, 5) is 19.4. The molecule has 0 radical (unpaired) electrons. The average molecular weight is 654 g/mol. The van der Waals surface area contributed by atoms with E-state index in [1.165, 1.54) is 0 Å². The van der Waals surface area contributed by atoms with Crippen molar-refractivity contribution in [3.63, 3.8) is 0 Å². The molecule has 47 heavy (non-hydrogen) atoms. The van der Waals surface area contributed by atoms with Crippen molar-refractivity contribution < 1.29 is 27.8 Å². The van der Waals surface area contributed by atoms with Crippen molar-refractivity contribution in [2.45, 2.75) is 42.2 Å². The Morgan fingerprint density at radius 3 is 2.17 bits per heavy atom. The summed E-state index contributed by atoms with van der Waals surface area (Å²) >= 11 is 0. The Bertz CT molecular complexity index is 1780. The summed E-state index contributed by atoms with van der Waals surface area (Å²) in [5.74, 6) is 0.582. The van der Waals surface area contributed by atoms with E-state index in [1.54, 1.807) is 54.6 Å². The molecular weight excluding hydrogens is 614 g/mol. The molecule has 0 aromatic heterocycles. The molecule has 0 spiro atoms. The number of sulfone groups is 1. The summed E-state index contributed by atoms with van der Waals surface area (Å²) in [5, 5.41) is 9.07. The summed E-state index contributed by atoms with van der Waals surface area (Å²) in [5.41, 5.74) is 7.67. The molecule has 2 atom stereocenters. The second-order valence-electron chi connectivity index (χ2n) is 11.9. The lowest BCUT2D eigenvalue weighted by atomic mass is 9.84. The van der Waals surface area contributed by atoms with E-state index in [-0.39, 0.29) is 29.6 Å². The first kappa shape index (κ1) is 32.4. The highest BCUT2D eigenvalue weighted by atomic mass is 32.2. The second-order valence-corrected chi connectivity index (χ2v) is 14.0. The Morgan fingerprint density at radius 1 is 0.872 bits per heavy atom. The second kappa shape index (κ2) is 14.5. The van der Waals surface area contributed by atoms with Crippen LogP contribution in [-0.4, -0.2) is 56.4 Å². The highest BCUT2D eigenvalue weighted by Crippen LogP contribution is 2.43. The largest absolute Gasteiger partial charge is 0.494 e. The molecule has 0 bridgehead atoms. The van der Waals surface area contributed by atoms with E-state index < -0.39 is 27.4 Å². The van der Waals surface area contributed by atoms with E-state index in [0.717, 1.165) is 24.0 Å². The van der Waals surface area contributed by atoms with Gasteiger partial charge in [-0.25, -0.2) is 18.8 Å². The van der Waals surface area contributed by atoms with Gasteiger partial charge in [0.05, 0.1) is 17.3 Å². The molecule has 1 saturated carbocycles. The summed E-state index contributed by atoms with van der Waals surface area (Å²) in [6.07, 6.45) is 1.70. The first-order chi connectivity index (χ1) is 22.9. The fourth-order valence-corrected chi connectivity index (χ4v) is 6.98. The predicted molar refractivity (Wildman–Crippen MR) is 181 cm³/mol. The summed E-state index contributed by atoms with van der Waals surface area (Å²) in [6, 6.07) is 33.1. The van der Waals surface area contributed by atoms with Crippen molar-refractivity contribution in [1.82, 2.24) is 10.9 Å². The third kappa shape index (κ3) is 7.73. The van der Waals surface area contributed by atoms with Crippen LogP contribution in [0.25, 0.3) is 11.1 Å². The maximum atomic E-state index is 14.3. The molecule has 4 aromatic rings. The standard InChI is InChI=1S/C37H39N3O6S/c41-23-7-24-45-32-20-18-31(19-21-32)35-39-37(36(42)40-38-26-27-12-13-27,22-25-47(43,44)33-10-5-2-6-11-33)34(46-35)30-16-14-29(15-17-30)28-8-3-1-4-9-28/h1-6,8-11,14-21,27,34,38,41H,7,12-13,22-26H2,(H,40,42)/t34-,37-/m0/s1. The molecule has 1 heterocycles. The van der Waals surface area contributed by atoms with Crippen molar-refractivity contribution in [3.8, 4) is 16.9 Å². The van der Waals surface area contributed by atoms with E-state index in [0.29, 0.717) is 42.4 Å². The third-order valence-corrected chi connectivity index (χ3v) is 10.2. The number of nitrogens with one attached hydrogen (secondary N) is 2. The van der Waals surface area contributed by atoms with E-state index in [2.05, 4.69) is 10.9 Å². The Hall–Kier alpha value is -4.51. The van der Waals surface area contributed by atoms with Gasteiger partial charge in [0.15, 0.2) is 21.5 Å². The molecule has 244 valence electrons. The van der Waals surface area contributed by atoms with Gasteiger partial charge in [-0.15, -0.1) is 0 Å². The summed E-state index contributed by atoms with van der Waals surface area (Å²) in [7, 11) is -3.75. The zero-order valence-electron chi connectivity index (χ0n) is 26.0. The lowest BCUT2D eigenvalue weighted by Crippen LogP contribution is -2.53. The van der Waals surface area contributed by atoms with Gasteiger partial charge >= 0.3 is 0 Å². The van der Waals surface area contributed by atoms with Gasteiger partial charge in [-0.1, -0.05) is 72.8 Å². The maximum absolute atomic E-state index is 14.3. The lowest BCUT2D eigenvalue weighted by Gasteiger charge is -2.30. The van der Waals surface area contributed by atoms with Gasteiger partial charge in [0.2, 0.25) is 5.90 Å². The predicted octanol–water partition coefficient (Wildman–Crippen LogP) is 5.27. The van der Waals surface area contributed by atoms with Crippen LogP contribution in [0.2, 0.25) is 0 Å². The van der Waals surface area contributed by atoms with Gasteiger partial charge in [0, 0.05) is 31.6 Å². The number of aliphatic hydroxyl groups is 1. The molecule has 0 unspecified atom stereocenters. The van der Waals surface area contributed by atoms with Crippen LogP contribution >= 0.6 is 0 Å². The number of aliphatic hydroxyl groups excluding tert-OH is 1. The monoisotopic (exact) mass is 653 g/mol. The normalized spacial score (nSPS) is 19.1. The molecule has 1 aliphatic carbocycles. The summed E-state index contributed by atoms with van der Waals surface area (Å²) in [6.45, 7) is 1.03. The molecule has 1 amide bonds. The van der Waals surface area contributed by atoms with Gasteiger partial charge in [-0.3, -0.25) is 10.2 Å². The highest BCUT2D eigenvalue weighted by Gasteiger charge is 2.53. The van der Waals surface area contributed by atoms with Crippen LogP contribution < -0.4 is 15.6 Å². The Kier molecular flexibility index (Phi) is 10.0. The van der Waals surface area contributed by atoms with E-state index in [1.807, 2.05) is 54.6 Å². The van der Waals surface area contributed by atoms with Crippen molar-refractivity contribution >= 4 is 21.6 Å². The Labute approximate surface area is 275 Å². The number of rotatable bonds is 15. The fourth-order valence-electron chi connectivity index (χ4n) is 5.59. The number of benzene rings is 4. The number of hydrazine groups is 1. The van der Waals surface area contributed by atoms with Crippen molar-refractivity contribution in [3.05, 3.63) is 120 Å². The minimum absolute atomic E-state index is 0.0378. The SMILES string of the molecule is O=C(NNCC1CC1)[C@@]1(CCS(=O)(=O)c2ccccc2)N=C(c2ccc(OCCCO)cc2)O[C@H]1c1ccc(-c2ccccc2)cc1. The topological polar surface area (TPSA) is 126 Å². The van der Waals surface area contributed by atoms with Gasteiger partial charge in [-0.05, 0) is 71.8 Å². The molecule has 3 N–H and O–H groups in total. The highest BCUT2D eigenvalue weighted by molar-refractivity contribution is 7.91. The number of carbonyl (C=O) groups excluding carboxylic acids is 1. The van der Waals surface area contributed by atoms with Crippen LogP contribution in [0.1, 0.15) is 42.9 Å². The summed E-state index contributed by atoms with van der Waals surface area (Å²) < 4.78 is 39.3. The van der Waals surface area contributed by atoms with Crippen molar-refractivity contribution in [1.29, 1.82) is 0 Å². The first-order valence-corrected chi connectivity index (χ1v) is 17.6. The van der Waals surface area contributed by atoms with Gasteiger partial charge < -0.3 is 14.6 Å². The quantitative estimate of drug-likeness (QED) is 0.118. The van der Waals surface area contributed by atoms with E-state index >= 15 is 0 Å². The molecule has 1 fully saturated rings. The van der Waals surface area contributed by atoms with Gasteiger partial charge in [-0.2, -0.15) is 0 Å². The number of hydrogen-bond acceptors (Lipinski definition) is 8. The lowest BCUT2D eigenvalue weighted by molar-refractivity contribution is -0.130. The van der Waals surface area contributed by atoms with E-state index in [9.17, 15) is 13.2 Å². The molecule has 9 nitrogen and oxygen atoms in total. The molecule has 4 aromatic carbocycles. The van der Waals surface area contributed by atoms with Gasteiger partial charge in [0.1, 0.15) is 5.75 Å². The number of hydrogen-bond donors (Lipinski definition) is 3. The number of carbonyl (C=O) groups is 1. The molecular formula is C37H39N3O6S. The van der Waals surface area contributed by atoms with Crippen LogP contribution in [-0.2, 0) is 19.4 Å². The smallest absolute Gasteiger partial charge is 0.266 e. The molecule has 0 saturated heterocycles. The Morgan fingerprint density at radius 2 is 1.51 bits per heavy atom. The maximum Gasteiger partial charge on any atom is 0.266 e. The molecule has 10 heteroatoms. The molecule has 2 aliphatic rings. The number of aliphatic imine (C=N–C) groups is 1. The fraction of sp³-hybridized carbons (Fsp3) is 0.297. The zero-order valence-corrected chi connectivity index (χ0v) is 26.9. The van der Waals surface area contributed by atoms with E-state index in [4.69, 9.17) is 19.6 Å². The van der Waals surface area contributed by atoms with Crippen LogP contribution in [0.3, 0.4) is 0 Å². The molecule has 6 rings (SSSR count). The van der Waals surface area contributed by atoms with Crippen LogP contribution in [0.4, 0.5) is 0 Å². The van der Waals surface area contributed by atoms with Crippen LogP contribution in [0, 0.1) is 5.92 Å². The first-order valence-electron chi connectivity index (χ1n) is 15.9. The molecule has 1 aliphatic heterocycles.